The summed E-state index contributed by atoms with van der Waals surface area (Å²) in [5.74, 6) is 0.997. The lowest BCUT2D eigenvalue weighted by molar-refractivity contribution is 0.370. The summed E-state index contributed by atoms with van der Waals surface area (Å²) in [6, 6.07) is 0. The zero-order valence-electron chi connectivity index (χ0n) is 12.8. The van der Waals surface area contributed by atoms with Crippen molar-refractivity contribution in [3.8, 4) is 0 Å². The van der Waals surface area contributed by atoms with Gasteiger partial charge < -0.3 is 10.2 Å². The van der Waals surface area contributed by atoms with E-state index in [1.807, 2.05) is 7.05 Å². The lowest BCUT2D eigenvalue weighted by atomic mass is 9.93. The van der Waals surface area contributed by atoms with E-state index in [0.29, 0.717) is 5.41 Å². The number of nitrogens with one attached hydrogen (secondary N) is 1. The van der Waals surface area contributed by atoms with Crippen LogP contribution >= 0.6 is 35.3 Å². The van der Waals surface area contributed by atoms with Gasteiger partial charge in [-0.1, -0.05) is 20.8 Å². The Morgan fingerprint density at radius 2 is 2.30 bits per heavy atom. The number of nitrogens with zero attached hydrogens (tertiary/aromatic N) is 3. The lowest BCUT2D eigenvalue weighted by Gasteiger charge is -2.23. The first-order valence-electron chi connectivity index (χ1n) is 6.93. The van der Waals surface area contributed by atoms with Crippen LogP contribution in [0.15, 0.2) is 10.4 Å². The summed E-state index contributed by atoms with van der Waals surface area (Å²) in [4.78, 5) is 11.3. The van der Waals surface area contributed by atoms with Crippen molar-refractivity contribution in [1.29, 1.82) is 0 Å². The van der Waals surface area contributed by atoms with Gasteiger partial charge in [0.25, 0.3) is 0 Å². The SMILES string of the molecule is CCc1nc(CNC(=NC)N2CCC(C)(C)C2)cs1.I. The third kappa shape index (κ3) is 4.58. The molecule has 1 aliphatic rings. The summed E-state index contributed by atoms with van der Waals surface area (Å²) < 4.78 is 0. The first kappa shape index (κ1) is 17.7. The second-order valence-electron chi connectivity index (χ2n) is 5.82. The van der Waals surface area contributed by atoms with Gasteiger partial charge >= 0.3 is 0 Å². The maximum Gasteiger partial charge on any atom is 0.193 e. The van der Waals surface area contributed by atoms with Gasteiger partial charge in [0.15, 0.2) is 5.96 Å². The summed E-state index contributed by atoms with van der Waals surface area (Å²) in [7, 11) is 1.85. The number of aromatic nitrogens is 1. The van der Waals surface area contributed by atoms with Crippen molar-refractivity contribution in [2.45, 2.75) is 40.2 Å². The molecule has 4 nitrogen and oxygen atoms in total. The second-order valence-corrected chi connectivity index (χ2v) is 6.77. The Morgan fingerprint density at radius 1 is 1.55 bits per heavy atom. The third-order valence-corrected chi connectivity index (χ3v) is 4.56. The number of aliphatic imine (C=N–C) groups is 1. The summed E-state index contributed by atoms with van der Waals surface area (Å²) in [5.41, 5.74) is 1.51. The number of rotatable bonds is 3. The smallest absolute Gasteiger partial charge is 0.193 e. The van der Waals surface area contributed by atoms with Crippen LogP contribution in [0.1, 0.15) is 37.9 Å². The van der Waals surface area contributed by atoms with Crippen molar-refractivity contribution >= 4 is 41.3 Å². The van der Waals surface area contributed by atoms with E-state index < -0.39 is 0 Å². The maximum absolute atomic E-state index is 4.57. The number of hydrogen-bond donors (Lipinski definition) is 1. The van der Waals surface area contributed by atoms with Crippen LogP contribution in [0.4, 0.5) is 0 Å². The van der Waals surface area contributed by atoms with Crippen LogP contribution in [0.2, 0.25) is 0 Å². The summed E-state index contributed by atoms with van der Waals surface area (Å²) in [6.45, 7) is 9.69. The molecule has 1 aliphatic heterocycles. The van der Waals surface area contributed by atoms with Gasteiger partial charge in [-0.3, -0.25) is 4.99 Å². The van der Waals surface area contributed by atoms with Crippen molar-refractivity contribution in [3.63, 3.8) is 0 Å². The number of hydrogen-bond acceptors (Lipinski definition) is 3. The molecule has 1 saturated heterocycles. The van der Waals surface area contributed by atoms with Gasteiger partial charge in [0.05, 0.1) is 17.2 Å². The van der Waals surface area contributed by atoms with Crippen molar-refractivity contribution < 1.29 is 0 Å². The van der Waals surface area contributed by atoms with Crippen molar-refractivity contribution in [1.82, 2.24) is 15.2 Å². The Hall–Kier alpha value is -0.370. The zero-order valence-corrected chi connectivity index (χ0v) is 15.9. The predicted octanol–water partition coefficient (Wildman–Crippen LogP) is 3.13. The fraction of sp³-hybridized carbons (Fsp3) is 0.714. The molecule has 114 valence electrons. The van der Waals surface area contributed by atoms with Gasteiger partial charge in [0, 0.05) is 25.5 Å². The van der Waals surface area contributed by atoms with Crippen molar-refractivity contribution in [2.75, 3.05) is 20.1 Å². The second kappa shape index (κ2) is 7.59. The Bertz CT molecular complexity index is 456. The number of thiazole rings is 1. The van der Waals surface area contributed by atoms with E-state index >= 15 is 0 Å². The fourth-order valence-electron chi connectivity index (χ4n) is 2.39. The molecule has 2 rings (SSSR count). The molecule has 0 saturated carbocycles. The Kier molecular flexibility index (Phi) is 6.71. The van der Waals surface area contributed by atoms with Gasteiger partial charge in [-0.25, -0.2) is 4.98 Å². The first-order valence-corrected chi connectivity index (χ1v) is 7.81. The molecule has 0 aromatic carbocycles. The van der Waals surface area contributed by atoms with Gasteiger partial charge in [-0.05, 0) is 18.3 Å². The Morgan fingerprint density at radius 3 is 2.80 bits per heavy atom. The van der Waals surface area contributed by atoms with E-state index in [0.717, 1.165) is 37.7 Å². The molecule has 6 heteroatoms. The van der Waals surface area contributed by atoms with E-state index in [2.05, 4.69) is 46.3 Å². The molecular weight excluding hydrogens is 383 g/mol. The van der Waals surface area contributed by atoms with Gasteiger partial charge in [-0.15, -0.1) is 35.3 Å². The van der Waals surface area contributed by atoms with Crippen LogP contribution in [0, 0.1) is 5.41 Å². The molecule has 20 heavy (non-hydrogen) atoms. The first-order chi connectivity index (χ1) is 9.04. The van der Waals surface area contributed by atoms with Gasteiger partial charge in [0.1, 0.15) is 0 Å². The molecule has 1 fully saturated rings. The number of likely N-dealkylation sites (tertiary alicyclic amines) is 1. The largest absolute Gasteiger partial charge is 0.351 e. The van der Waals surface area contributed by atoms with Crippen LogP contribution in [0.3, 0.4) is 0 Å². The fourth-order valence-corrected chi connectivity index (χ4v) is 3.13. The minimum absolute atomic E-state index is 0. The van der Waals surface area contributed by atoms with E-state index in [9.17, 15) is 0 Å². The minimum atomic E-state index is 0. The highest BCUT2D eigenvalue weighted by atomic mass is 127. The molecule has 0 radical (unpaired) electrons. The molecule has 0 amide bonds. The highest BCUT2D eigenvalue weighted by Crippen LogP contribution is 2.28. The standard InChI is InChI=1S/C14H24N4S.HI/c1-5-12-17-11(9-19-12)8-16-13(15-4)18-7-6-14(2,3)10-18;/h9H,5-8,10H2,1-4H3,(H,15,16);1H. The highest BCUT2D eigenvalue weighted by molar-refractivity contribution is 14.0. The molecule has 0 atom stereocenters. The van der Waals surface area contributed by atoms with E-state index in [1.165, 1.54) is 11.4 Å². The summed E-state index contributed by atoms with van der Waals surface area (Å²) in [6.07, 6.45) is 2.24. The average Bonchev–Trinajstić information content (AvgIpc) is 2.97. The van der Waals surface area contributed by atoms with Gasteiger partial charge in [0.2, 0.25) is 0 Å². The summed E-state index contributed by atoms with van der Waals surface area (Å²) in [5, 5.41) is 6.76. The molecule has 0 unspecified atom stereocenters. The van der Waals surface area contributed by atoms with Crippen LogP contribution < -0.4 is 5.32 Å². The molecule has 0 aliphatic carbocycles. The highest BCUT2D eigenvalue weighted by Gasteiger charge is 2.30. The van der Waals surface area contributed by atoms with E-state index in [1.54, 1.807) is 11.3 Å². The number of halogens is 1. The molecule has 0 spiro atoms. The van der Waals surface area contributed by atoms with Crippen molar-refractivity contribution in [3.05, 3.63) is 16.1 Å². The van der Waals surface area contributed by atoms with E-state index in [4.69, 9.17) is 0 Å². The summed E-state index contributed by atoms with van der Waals surface area (Å²) >= 11 is 1.74. The zero-order chi connectivity index (χ0) is 13.9. The molecular formula is C14H25IN4S. The van der Waals surface area contributed by atoms with Crippen molar-refractivity contribution in [2.24, 2.45) is 10.4 Å². The topological polar surface area (TPSA) is 40.5 Å². The minimum Gasteiger partial charge on any atom is -0.351 e. The molecule has 0 bridgehead atoms. The molecule has 1 N–H and O–H groups in total. The molecule has 2 heterocycles. The quantitative estimate of drug-likeness (QED) is 0.475. The maximum atomic E-state index is 4.57. The molecule has 1 aromatic rings. The van der Waals surface area contributed by atoms with Crippen LogP contribution in [0.25, 0.3) is 0 Å². The normalized spacial score (nSPS) is 18.0. The Balaban J connectivity index is 0.00000200. The number of aryl methyl sites for hydroxylation is 1. The third-order valence-electron chi connectivity index (χ3n) is 3.52. The lowest BCUT2D eigenvalue weighted by Crippen LogP contribution is -2.40. The van der Waals surface area contributed by atoms with Crippen LogP contribution in [-0.4, -0.2) is 36.0 Å². The number of guanidine groups is 1. The molecule has 1 aromatic heterocycles. The van der Waals surface area contributed by atoms with Crippen LogP contribution in [0.5, 0.6) is 0 Å². The average molecular weight is 408 g/mol. The van der Waals surface area contributed by atoms with Crippen LogP contribution in [-0.2, 0) is 13.0 Å². The van der Waals surface area contributed by atoms with E-state index in [-0.39, 0.29) is 24.0 Å². The van der Waals surface area contributed by atoms with Gasteiger partial charge in [-0.2, -0.15) is 0 Å². The predicted molar refractivity (Wildman–Crippen MR) is 97.1 cm³/mol. The Labute approximate surface area is 143 Å². The monoisotopic (exact) mass is 408 g/mol.